The van der Waals surface area contributed by atoms with Gasteiger partial charge in [0.1, 0.15) is 5.82 Å². The zero-order chi connectivity index (χ0) is 17.6. The van der Waals surface area contributed by atoms with E-state index in [-0.39, 0.29) is 11.7 Å². The average Bonchev–Trinajstić information content (AvgIpc) is 2.65. The monoisotopic (exact) mass is 338 g/mol. The van der Waals surface area contributed by atoms with Crippen molar-refractivity contribution >= 4 is 12.0 Å². The molecular formula is C21H23FN2O. The smallest absolute Gasteiger partial charge is 0.254 e. The van der Waals surface area contributed by atoms with E-state index in [1.807, 2.05) is 23.1 Å². The standard InChI is InChI=1S/C21H23FN2O/c1-17-9-10-19(16-20(17)22)21(25)24-14-12-23(13-15-24)11-5-8-18-6-3-2-4-7-18/h2-10,16H,11-15H2,1H3/b8-5+. The molecule has 2 aromatic carbocycles. The summed E-state index contributed by atoms with van der Waals surface area (Å²) in [6, 6.07) is 14.9. The van der Waals surface area contributed by atoms with E-state index >= 15 is 0 Å². The van der Waals surface area contributed by atoms with Crippen LogP contribution in [0.4, 0.5) is 4.39 Å². The van der Waals surface area contributed by atoms with Gasteiger partial charge in [-0.1, -0.05) is 48.6 Å². The van der Waals surface area contributed by atoms with Crippen LogP contribution in [0.1, 0.15) is 21.5 Å². The molecule has 4 heteroatoms. The van der Waals surface area contributed by atoms with E-state index in [1.54, 1.807) is 19.1 Å². The molecule has 3 nitrogen and oxygen atoms in total. The number of hydrogen-bond acceptors (Lipinski definition) is 2. The maximum Gasteiger partial charge on any atom is 0.254 e. The molecule has 0 atom stereocenters. The van der Waals surface area contributed by atoms with Crippen molar-refractivity contribution in [2.75, 3.05) is 32.7 Å². The van der Waals surface area contributed by atoms with Crippen LogP contribution in [0.25, 0.3) is 6.08 Å². The Morgan fingerprint density at radius 1 is 1.08 bits per heavy atom. The third kappa shape index (κ3) is 4.54. The molecule has 1 aliphatic rings. The Morgan fingerprint density at radius 3 is 2.48 bits per heavy atom. The Bertz CT molecular complexity index is 750. The Labute approximate surface area is 148 Å². The first-order valence-electron chi connectivity index (χ1n) is 8.63. The van der Waals surface area contributed by atoms with Crippen molar-refractivity contribution in [2.45, 2.75) is 6.92 Å². The zero-order valence-electron chi connectivity index (χ0n) is 14.5. The van der Waals surface area contributed by atoms with Crippen LogP contribution in [-0.4, -0.2) is 48.4 Å². The molecule has 1 fully saturated rings. The quantitative estimate of drug-likeness (QED) is 0.850. The molecule has 0 saturated carbocycles. The molecule has 0 spiro atoms. The van der Waals surface area contributed by atoms with Gasteiger partial charge in [-0.25, -0.2) is 4.39 Å². The molecule has 2 aromatic rings. The van der Waals surface area contributed by atoms with Crippen LogP contribution in [-0.2, 0) is 0 Å². The van der Waals surface area contributed by atoms with Crippen LogP contribution in [0.2, 0.25) is 0 Å². The first kappa shape index (κ1) is 17.4. The van der Waals surface area contributed by atoms with E-state index in [2.05, 4.69) is 29.2 Å². The van der Waals surface area contributed by atoms with E-state index in [9.17, 15) is 9.18 Å². The summed E-state index contributed by atoms with van der Waals surface area (Å²) in [6.45, 7) is 5.58. The second-order valence-corrected chi connectivity index (χ2v) is 6.37. The van der Waals surface area contributed by atoms with Gasteiger partial charge in [0.25, 0.3) is 5.91 Å². The zero-order valence-corrected chi connectivity index (χ0v) is 14.5. The van der Waals surface area contributed by atoms with Gasteiger partial charge in [0.05, 0.1) is 0 Å². The number of aryl methyl sites for hydroxylation is 1. The minimum atomic E-state index is -0.324. The molecule has 25 heavy (non-hydrogen) atoms. The van der Waals surface area contributed by atoms with E-state index in [4.69, 9.17) is 0 Å². The van der Waals surface area contributed by atoms with Crippen molar-refractivity contribution in [2.24, 2.45) is 0 Å². The lowest BCUT2D eigenvalue weighted by Gasteiger charge is -2.34. The molecule has 1 aliphatic heterocycles. The summed E-state index contributed by atoms with van der Waals surface area (Å²) in [5, 5.41) is 0. The molecule has 0 aromatic heterocycles. The lowest BCUT2D eigenvalue weighted by atomic mass is 10.1. The number of rotatable bonds is 4. The Hall–Kier alpha value is -2.46. The average molecular weight is 338 g/mol. The number of benzene rings is 2. The number of hydrogen-bond donors (Lipinski definition) is 0. The molecule has 0 N–H and O–H groups in total. The van der Waals surface area contributed by atoms with E-state index in [1.165, 1.54) is 11.6 Å². The molecule has 1 heterocycles. The molecular weight excluding hydrogens is 315 g/mol. The predicted octanol–water partition coefficient (Wildman–Crippen LogP) is 3.61. The van der Waals surface area contributed by atoms with E-state index < -0.39 is 0 Å². The van der Waals surface area contributed by atoms with Crippen LogP contribution in [0, 0.1) is 12.7 Å². The highest BCUT2D eigenvalue weighted by atomic mass is 19.1. The fourth-order valence-electron chi connectivity index (χ4n) is 2.94. The summed E-state index contributed by atoms with van der Waals surface area (Å²) in [7, 11) is 0. The maximum atomic E-state index is 13.7. The van der Waals surface area contributed by atoms with E-state index in [0.29, 0.717) is 24.2 Å². The second kappa shape index (κ2) is 8.08. The van der Waals surface area contributed by atoms with Gasteiger partial charge in [-0.3, -0.25) is 9.69 Å². The van der Waals surface area contributed by atoms with Gasteiger partial charge in [0, 0.05) is 38.3 Å². The number of carbonyl (C=O) groups excluding carboxylic acids is 1. The van der Waals surface area contributed by atoms with Gasteiger partial charge < -0.3 is 4.90 Å². The normalized spacial score (nSPS) is 15.7. The van der Waals surface area contributed by atoms with Crippen molar-refractivity contribution in [3.05, 3.63) is 77.1 Å². The minimum Gasteiger partial charge on any atom is -0.336 e. The van der Waals surface area contributed by atoms with Gasteiger partial charge in [0.15, 0.2) is 0 Å². The Balaban J connectivity index is 1.50. The lowest BCUT2D eigenvalue weighted by molar-refractivity contribution is 0.0650. The van der Waals surface area contributed by atoms with E-state index in [0.717, 1.165) is 19.6 Å². The largest absolute Gasteiger partial charge is 0.336 e. The molecule has 0 bridgehead atoms. The summed E-state index contributed by atoms with van der Waals surface area (Å²) >= 11 is 0. The van der Waals surface area contributed by atoms with Crippen molar-refractivity contribution in [1.29, 1.82) is 0 Å². The molecule has 1 saturated heterocycles. The fraction of sp³-hybridized carbons (Fsp3) is 0.286. The number of amides is 1. The summed E-state index contributed by atoms with van der Waals surface area (Å²) < 4.78 is 13.7. The van der Waals surface area contributed by atoms with Gasteiger partial charge >= 0.3 is 0 Å². The van der Waals surface area contributed by atoms with Crippen LogP contribution in [0.3, 0.4) is 0 Å². The van der Waals surface area contributed by atoms with Crippen molar-refractivity contribution < 1.29 is 9.18 Å². The van der Waals surface area contributed by atoms with Crippen LogP contribution in [0.5, 0.6) is 0 Å². The minimum absolute atomic E-state index is 0.0848. The highest BCUT2D eigenvalue weighted by molar-refractivity contribution is 5.94. The summed E-state index contributed by atoms with van der Waals surface area (Å²) in [5.41, 5.74) is 2.19. The van der Waals surface area contributed by atoms with Crippen LogP contribution >= 0.6 is 0 Å². The third-order valence-electron chi connectivity index (χ3n) is 4.55. The lowest BCUT2D eigenvalue weighted by Crippen LogP contribution is -2.48. The molecule has 0 radical (unpaired) electrons. The SMILES string of the molecule is Cc1ccc(C(=O)N2CCN(C/C=C/c3ccccc3)CC2)cc1F. The van der Waals surface area contributed by atoms with Gasteiger partial charge in [-0.2, -0.15) is 0 Å². The molecule has 0 unspecified atom stereocenters. The van der Waals surface area contributed by atoms with Gasteiger partial charge in [0.2, 0.25) is 0 Å². The van der Waals surface area contributed by atoms with Crippen molar-refractivity contribution in [3.8, 4) is 0 Å². The summed E-state index contributed by atoms with van der Waals surface area (Å²) in [4.78, 5) is 16.6. The van der Waals surface area contributed by atoms with Gasteiger partial charge in [-0.15, -0.1) is 0 Å². The fourth-order valence-corrected chi connectivity index (χ4v) is 2.94. The molecule has 1 amide bonds. The maximum absolute atomic E-state index is 13.7. The second-order valence-electron chi connectivity index (χ2n) is 6.37. The van der Waals surface area contributed by atoms with Crippen LogP contribution < -0.4 is 0 Å². The molecule has 0 aliphatic carbocycles. The van der Waals surface area contributed by atoms with Crippen molar-refractivity contribution in [1.82, 2.24) is 9.80 Å². The Morgan fingerprint density at radius 2 is 1.80 bits per heavy atom. The van der Waals surface area contributed by atoms with Crippen LogP contribution in [0.15, 0.2) is 54.6 Å². The van der Waals surface area contributed by atoms with Gasteiger partial charge in [-0.05, 0) is 30.2 Å². The highest BCUT2D eigenvalue weighted by Crippen LogP contribution is 2.13. The van der Waals surface area contributed by atoms with Crippen molar-refractivity contribution in [3.63, 3.8) is 0 Å². The Kier molecular flexibility index (Phi) is 5.61. The number of carbonyl (C=O) groups is 1. The summed E-state index contributed by atoms with van der Waals surface area (Å²) in [5.74, 6) is -0.408. The number of nitrogens with zero attached hydrogens (tertiary/aromatic N) is 2. The number of halogens is 1. The molecule has 3 rings (SSSR count). The predicted molar refractivity (Wildman–Crippen MR) is 99.0 cm³/mol. The topological polar surface area (TPSA) is 23.6 Å². The first-order valence-corrected chi connectivity index (χ1v) is 8.63. The summed E-state index contributed by atoms with van der Waals surface area (Å²) in [6.07, 6.45) is 4.27. The highest BCUT2D eigenvalue weighted by Gasteiger charge is 2.21. The third-order valence-corrected chi connectivity index (χ3v) is 4.55. The first-order chi connectivity index (χ1) is 12.1. The number of piperazine rings is 1. The molecule has 130 valence electrons.